The second kappa shape index (κ2) is 8.54. The molecule has 0 fully saturated rings. The van der Waals surface area contributed by atoms with Crippen LogP contribution in [-0.4, -0.2) is 22.9 Å². The summed E-state index contributed by atoms with van der Waals surface area (Å²) in [4.78, 5) is 0. The molecule has 1 N–H and O–H groups in total. The first-order valence-electron chi connectivity index (χ1n) is 7.00. The molecular weight excluding hydrogens is 246 g/mol. The van der Waals surface area contributed by atoms with Gasteiger partial charge in [0.2, 0.25) is 0 Å². The highest BCUT2D eigenvalue weighted by Gasteiger charge is 2.01. The molecule has 0 unspecified atom stereocenters. The second-order valence-electron chi connectivity index (χ2n) is 5.34. The van der Waals surface area contributed by atoms with Crippen molar-refractivity contribution in [2.24, 2.45) is 5.92 Å². The molecule has 0 saturated heterocycles. The molecule has 0 aromatic carbocycles. The van der Waals surface area contributed by atoms with E-state index in [1.165, 1.54) is 25.7 Å². The summed E-state index contributed by atoms with van der Waals surface area (Å²) in [7, 11) is 0. The second-order valence-corrected chi connectivity index (χ2v) is 5.74. The lowest BCUT2D eigenvalue weighted by molar-refractivity contribution is 0.505. The molecule has 3 nitrogen and oxygen atoms in total. The lowest BCUT2D eigenvalue weighted by atomic mass is 10.2. The summed E-state index contributed by atoms with van der Waals surface area (Å²) in [5.74, 6) is 0.748. The molecule has 0 saturated carbocycles. The molecule has 0 spiro atoms. The zero-order valence-electron chi connectivity index (χ0n) is 11.9. The predicted molar refractivity (Wildman–Crippen MR) is 78.1 cm³/mol. The molecule has 4 heteroatoms. The molecule has 1 rings (SSSR count). The molecule has 1 heterocycles. The number of hydrogen-bond acceptors (Lipinski definition) is 2. The van der Waals surface area contributed by atoms with Gasteiger partial charge in [-0.25, -0.2) is 0 Å². The smallest absolute Gasteiger partial charge is 0.0814 e. The van der Waals surface area contributed by atoms with E-state index in [0.717, 1.165) is 36.3 Å². The van der Waals surface area contributed by atoms with Crippen molar-refractivity contribution < 1.29 is 0 Å². The molecule has 0 atom stereocenters. The van der Waals surface area contributed by atoms with Gasteiger partial charge in [-0.3, -0.25) is 4.68 Å². The highest BCUT2D eigenvalue weighted by atomic mass is 35.5. The minimum Gasteiger partial charge on any atom is -0.316 e. The van der Waals surface area contributed by atoms with E-state index in [0.29, 0.717) is 0 Å². The van der Waals surface area contributed by atoms with Crippen molar-refractivity contribution in [1.82, 2.24) is 15.1 Å². The Labute approximate surface area is 116 Å². The third-order valence-electron chi connectivity index (χ3n) is 2.93. The van der Waals surface area contributed by atoms with E-state index in [4.69, 9.17) is 11.6 Å². The van der Waals surface area contributed by atoms with Crippen LogP contribution in [0.1, 0.15) is 45.2 Å². The van der Waals surface area contributed by atoms with Crippen LogP contribution in [0.3, 0.4) is 0 Å². The number of nitrogens with zero attached hydrogens (tertiary/aromatic N) is 2. The average molecular weight is 272 g/mol. The fourth-order valence-electron chi connectivity index (χ4n) is 1.88. The summed E-state index contributed by atoms with van der Waals surface area (Å²) in [5, 5.41) is 8.59. The Morgan fingerprint density at radius 2 is 2.00 bits per heavy atom. The van der Waals surface area contributed by atoms with Crippen LogP contribution in [0, 0.1) is 12.8 Å². The van der Waals surface area contributed by atoms with Gasteiger partial charge in [-0.05, 0) is 38.8 Å². The number of aromatic nitrogens is 2. The van der Waals surface area contributed by atoms with E-state index in [9.17, 15) is 0 Å². The molecule has 104 valence electrons. The molecule has 0 aliphatic heterocycles. The third kappa shape index (κ3) is 6.41. The van der Waals surface area contributed by atoms with Crippen molar-refractivity contribution in [3.63, 3.8) is 0 Å². The van der Waals surface area contributed by atoms with Crippen LogP contribution in [0.4, 0.5) is 0 Å². The normalized spacial score (nSPS) is 11.4. The standard InChI is InChI=1S/C14H26ClN3/c1-12(2)10-16-8-6-4-5-7-9-18-11-14(15)13(3)17-18/h11-12,16H,4-10H2,1-3H3. The van der Waals surface area contributed by atoms with Crippen LogP contribution in [0.5, 0.6) is 0 Å². The SMILES string of the molecule is Cc1nn(CCCCCCNCC(C)C)cc1Cl. The lowest BCUT2D eigenvalue weighted by Crippen LogP contribution is -2.20. The van der Waals surface area contributed by atoms with E-state index in [1.54, 1.807) is 0 Å². The summed E-state index contributed by atoms with van der Waals surface area (Å²) in [6, 6.07) is 0. The number of rotatable bonds is 9. The summed E-state index contributed by atoms with van der Waals surface area (Å²) >= 11 is 5.96. The zero-order valence-corrected chi connectivity index (χ0v) is 12.6. The van der Waals surface area contributed by atoms with E-state index in [-0.39, 0.29) is 0 Å². The van der Waals surface area contributed by atoms with Gasteiger partial charge in [0.1, 0.15) is 0 Å². The molecule has 0 radical (unpaired) electrons. The lowest BCUT2D eigenvalue weighted by Gasteiger charge is -2.07. The zero-order chi connectivity index (χ0) is 13.4. The summed E-state index contributed by atoms with van der Waals surface area (Å²) in [6.07, 6.45) is 6.92. The Morgan fingerprint density at radius 3 is 2.61 bits per heavy atom. The summed E-state index contributed by atoms with van der Waals surface area (Å²) in [6.45, 7) is 9.68. The van der Waals surface area contributed by atoms with Gasteiger partial charge in [-0.2, -0.15) is 5.10 Å². The van der Waals surface area contributed by atoms with Gasteiger partial charge in [0.05, 0.1) is 10.7 Å². The van der Waals surface area contributed by atoms with Crippen LogP contribution in [0.15, 0.2) is 6.20 Å². The van der Waals surface area contributed by atoms with Crippen LogP contribution in [-0.2, 0) is 6.54 Å². The van der Waals surface area contributed by atoms with Crippen molar-refractivity contribution in [3.8, 4) is 0 Å². The van der Waals surface area contributed by atoms with Crippen molar-refractivity contribution in [2.75, 3.05) is 13.1 Å². The van der Waals surface area contributed by atoms with Gasteiger partial charge in [0.25, 0.3) is 0 Å². The number of unbranched alkanes of at least 4 members (excludes halogenated alkanes) is 3. The maximum atomic E-state index is 5.96. The van der Waals surface area contributed by atoms with Crippen molar-refractivity contribution in [3.05, 3.63) is 16.9 Å². The van der Waals surface area contributed by atoms with Gasteiger partial charge in [-0.1, -0.05) is 38.3 Å². The molecule has 1 aromatic heterocycles. The first kappa shape index (κ1) is 15.5. The number of hydrogen-bond donors (Lipinski definition) is 1. The molecule has 18 heavy (non-hydrogen) atoms. The fraction of sp³-hybridized carbons (Fsp3) is 0.786. The molecule has 0 aliphatic carbocycles. The van der Waals surface area contributed by atoms with Crippen molar-refractivity contribution >= 4 is 11.6 Å². The number of aryl methyl sites for hydroxylation is 2. The largest absolute Gasteiger partial charge is 0.316 e. The highest BCUT2D eigenvalue weighted by Crippen LogP contribution is 2.12. The topological polar surface area (TPSA) is 29.9 Å². The van der Waals surface area contributed by atoms with E-state index in [1.807, 2.05) is 17.8 Å². The van der Waals surface area contributed by atoms with Gasteiger partial charge in [-0.15, -0.1) is 0 Å². The molecular formula is C14H26ClN3. The predicted octanol–water partition coefficient (Wildman–Crippen LogP) is 3.65. The molecule has 0 aliphatic rings. The van der Waals surface area contributed by atoms with Crippen molar-refractivity contribution in [2.45, 2.75) is 53.0 Å². The molecule has 0 amide bonds. The minimum absolute atomic E-state index is 0.748. The van der Waals surface area contributed by atoms with Crippen LogP contribution < -0.4 is 5.32 Å². The van der Waals surface area contributed by atoms with Crippen molar-refractivity contribution in [1.29, 1.82) is 0 Å². The van der Waals surface area contributed by atoms with Crippen LogP contribution in [0.2, 0.25) is 5.02 Å². The number of halogens is 1. The first-order chi connectivity index (χ1) is 8.59. The Balaban J connectivity index is 1.96. The highest BCUT2D eigenvalue weighted by molar-refractivity contribution is 6.31. The van der Waals surface area contributed by atoms with E-state index >= 15 is 0 Å². The first-order valence-corrected chi connectivity index (χ1v) is 7.37. The average Bonchev–Trinajstić information content (AvgIpc) is 2.62. The van der Waals surface area contributed by atoms with Gasteiger partial charge >= 0.3 is 0 Å². The summed E-state index contributed by atoms with van der Waals surface area (Å²) in [5.41, 5.74) is 0.926. The molecule has 0 bridgehead atoms. The third-order valence-corrected chi connectivity index (χ3v) is 3.30. The minimum atomic E-state index is 0.748. The van der Waals surface area contributed by atoms with Gasteiger partial charge in [0.15, 0.2) is 0 Å². The molecule has 1 aromatic rings. The van der Waals surface area contributed by atoms with Crippen LogP contribution >= 0.6 is 11.6 Å². The Morgan fingerprint density at radius 1 is 1.28 bits per heavy atom. The van der Waals surface area contributed by atoms with E-state index < -0.39 is 0 Å². The Bertz CT molecular complexity index is 314. The Kier molecular flexibility index (Phi) is 7.36. The van der Waals surface area contributed by atoms with Gasteiger partial charge in [0, 0.05) is 12.7 Å². The maximum absolute atomic E-state index is 5.96. The summed E-state index contributed by atoms with van der Waals surface area (Å²) < 4.78 is 1.95. The Hall–Kier alpha value is -0.540. The van der Waals surface area contributed by atoms with Gasteiger partial charge < -0.3 is 5.32 Å². The fourth-order valence-corrected chi connectivity index (χ4v) is 2.03. The maximum Gasteiger partial charge on any atom is 0.0814 e. The number of nitrogens with one attached hydrogen (secondary N) is 1. The quantitative estimate of drug-likeness (QED) is 0.695. The van der Waals surface area contributed by atoms with Crippen LogP contribution in [0.25, 0.3) is 0 Å². The van der Waals surface area contributed by atoms with E-state index in [2.05, 4.69) is 24.3 Å². The monoisotopic (exact) mass is 271 g/mol.